The maximum atomic E-state index is 14.2. The second-order valence-corrected chi connectivity index (χ2v) is 5.78. The third-order valence-corrected chi connectivity index (χ3v) is 3.92. The first-order valence-corrected chi connectivity index (χ1v) is 8.12. The monoisotopic (exact) mass is 417 g/mol. The van der Waals surface area contributed by atoms with Crippen LogP contribution in [0.2, 0.25) is 0 Å². The Morgan fingerprint density at radius 2 is 2.22 bits per heavy atom. The molecule has 0 bridgehead atoms. The highest BCUT2D eigenvalue weighted by molar-refractivity contribution is 5.85. The maximum absolute atomic E-state index is 14.2. The van der Waals surface area contributed by atoms with Crippen LogP contribution >= 0.6 is 24.8 Å². The summed E-state index contributed by atoms with van der Waals surface area (Å²) in [6, 6.07) is 7.60. The lowest BCUT2D eigenvalue weighted by atomic mass is 10.1. The van der Waals surface area contributed by atoms with E-state index in [1.165, 1.54) is 18.3 Å². The van der Waals surface area contributed by atoms with Crippen LogP contribution in [-0.2, 0) is 16.1 Å². The zero-order valence-corrected chi connectivity index (χ0v) is 16.3. The average Bonchev–Trinajstić information content (AvgIpc) is 2.63. The third-order valence-electron chi connectivity index (χ3n) is 3.92. The SMILES string of the molecule is C[C@H]1OCCN[C@@H]1C(=O)NCc1ccc(Oc2cccnc2)c(F)c1.Cl.Cl. The first kappa shape index (κ1) is 23.1. The molecule has 0 spiro atoms. The van der Waals surface area contributed by atoms with Crippen molar-refractivity contribution in [1.29, 1.82) is 0 Å². The van der Waals surface area contributed by atoms with E-state index in [1.807, 2.05) is 6.92 Å². The topological polar surface area (TPSA) is 72.5 Å². The number of hydrogen-bond donors (Lipinski definition) is 2. The minimum atomic E-state index is -0.497. The molecule has 0 saturated carbocycles. The van der Waals surface area contributed by atoms with Gasteiger partial charge in [-0.3, -0.25) is 9.78 Å². The molecule has 2 atom stereocenters. The van der Waals surface area contributed by atoms with Gasteiger partial charge in [-0.15, -0.1) is 24.8 Å². The molecule has 1 aromatic carbocycles. The van der Waals surface area contributed by atoms with Crippen LogP contribution < -0.4 is 15.4 Å². The van der Waals surface area contributed by atoms with Gasteiger partial charge in [0.2, 0.25) is 5.91 Å². The predicted molar refractivity (Wildman–Crippen MR) is 104 cm³/mol. The van der Waals surface area contributed by atoms with Crippen LogP contribution in [0, 0.1) is 5.82 Å². The zero-order chi connectivity index (χ0) is 17.6. The van der Waals surface area contributed by atoms with Gasteiger partial charge in [-0.2, -0.15) is 0 Å². The van der Waals surface area contributed by atoms with Crippen molar-refractivity contribution in [2.75, 3.05) is 13.2 Å². The standard InChI is InChI=1S/C18H20FN3O3.2ClH/c1-12-17(21-7-8-24-12)18(23)22-10-13-4-5-16(15(19)9-13)25-14-3-2-6-20-11-14;;/h2-6,9,11-12,17,21H,7-8,10H2,1H3,(H,22,23);2*1H/t12-,17+;;/m1../s1. The molecule has 1 aromatic heterocycles. The number of ether oxygens (including phenoxy) is 2. The van der Waals surface area contributed by atoms with E-state index in [1.54, 1.807) is 24.4 Å². The van der Waals surface area contributed by atoms with Gasteiger partial charge in [-0.05, 0) is 36.8 Å². The second kappa shape index (κ2) is 11.0. The van der Waals surface area contributed by atoms with Crippen LogP contribution in [-0.4, -0.2) is 36.2 Å². The average molecular weight is 418 g/mol. The molecule has 1 aliphatic rings. The van der Waals surface area contributed by atoms with E-state index < -0.39 is 11.9 Å². The van der Waals surface area contributed by atoms with E-state index in [2.05, 4.69) is 15.6 Å². The van der Waals surface area contributed by atoms with Gasteiger partial charge in [0.15, 0.2) is 11.6 Å². The Kier molecular flexibility index (Phi) is 9.45. The van der Waals surface area contributed by atoms with Crippen molar-refractivity contribution in [3.63, 3.8) is 0 Å². The van der Waals surface area contributed by atoms with Crippen LogP contribution in [0.4, 0.5) is 4.39 Å². The molecule has 2 heterocycles. The molecule has 1 amide bonds. The summed E-state index contributed by atoms with van der Waals surface area (Å²) in [5.74, 6) is -0.0924. The van der Waals surface area contributed by atoms with Gasteiger partial charge < -0.3 is 20.1 Å². The molecule has 27 heavy (non-hydrogen) atoms. The third kappa shape index (κ3) is 6.32. The molecule has 148 valence electrons. The van der Waals surface area contributed by atoms with Crippen molar-refractivity contribution >= 4 is 30.7 Å². The Labute approximate surface area is 169 Å². The number of aromatic nitrogens is 1. The summed E-state index contributed by atoms with van der Waals surface area (Å²) >= 11 is 0. The van der Waals surface area contributed by atoms with Crippen molar-refractivity contribution in [2.45, 2.75) is 25.6 Å². The van der Waals surface area contributed by atoms with E-state index in [9.17, 15) is 9.18 Å². The molecule has 9 heteroatoms. The van der Waals surface area contributed by atoms with Gasteiger partial charge in [0, 0.05) is 19.3 Å². The molecule has 2 aromatic rings. The second-order valence-electron chi connectivity index (χ2n) is 5.78. The number of carbonyl (C=O) groups excluding carboxylic acids is 1. The van der Waals surface area contributed by atoms with Crippen LogP contribution in [0.1, 0.15) is 12.5 Å². The van der Waals surface area contributed by atoms with Crippen LogP contribution in [0.25, 0.3) is 0 Å². The smallest absolute Gasteiger partial charge is 0.240 e. The highest BCUT2D eigenvalue weighted by atomic mass is 35.5. The number of rotatable bonds is 5. The molecule has 1 saturated heterocycles. The number of amides is 1. The summed E-state index contributed by atoms with van der Waals surface area (Å²) < 4.78 is 25.1. The lowest BCUT2D eigenvalue weighted by Crippen LogP contribution is -2.55. The Bertz CT molecular complexity index is 737. The fourth-order valence-corrected chi connectivity index (χ4v) is 2.60. The number of hydrogen-bond acceptors (Lipinski definition) is 5. The van der Waals surface area contributed by atoms with Crippen molar-refractivity contribution in [1.82, 2.24) is 15.6 Å². The number of benzene rings is 1. The Morgan fingerprint density at radius 3 is 2.89 bits per heavy atom. The first-order valence-electron chi connectivity index (χ1n) is 8.12. The lowest BCUT2D eigenvalue weighted by Gasteiger charge is -2.29. The summed E-state index contributed by atoms with van der Waals surface area (Å²) in [6.45, 7) is 3.31. The van der Waals surface area contributed by atoms with Crippen molar-refractivity contribution in [3.8, 4) is 11.5 Å². The largest absolute Gasteiger partial charge is 0.453 e. The molecule has 2 N–H and O–H groups in total. The minimum absolute atomic E-state index is 0. The summed E-state index contributed by atoms with van der Waals surface area (Å²) in [7, 11) is 0. The lowest BCUT2D eigenvalue weighted by molar-refractivity contribution is -0.129. The number of morpholine rings is 1. The molecule has 0 aliphatic carbocycles. The molecular weight excluding hydrogens is 396 g/mol. The van der Waals surface area contributed by atoms with E-state index in [4.69, 9.17) is 9.47 Å². The fourth-order valence-electron chi connectivity index (χ4n) is 2.60. The fraction of sp³-hybridized carbons (Fsp3) is 0.333. The van der Waals surface area contributed by atoms with E-state index in [-0.39, 0.29) is 49.1 Å². The zero-order valence-electron chi connectivity index (χ0n) is 14.7. The molecule has 1 aliphatic heterocycles. The summed E-state index contributed by atoms with van der Waals surface area (Å²) in [5.41, 5.74) is 0.647. The van der Waals surface area contributed by atoms with Gasteiger partial charge in [-0.1, -0.05) is 6.07 Å². The molecule has 1 fully saturated rings. The minimum Gasteiger partial charge on any atom is -0.453 e. The highest BCUT2D eigenvalue weighted by Crippen LogP contribution is 2.24. The summed E-state index contributed by atoms with van der Waals surface area (Å²) in [4.78, 5) is 16.1. The number of pyridine rings is 1. The van der Waals surface area contributed by atoms with Crippen molar-refractivity contribution in [2.24, 2.45) is 0 Å². The number of nitrogens with zero attached hydrogens (tertiary/aromatic N) is 1. The van der Waals surface area contributed by atoms with Gasteiger partial charge in [0.1, 0.15) is 11.8 Å². The van der Waals surface area contributed by atoms with Gasteiger partial charge in [0.25, 0.3) is 0 Å². The van der Waals surface area contributed by atoms with Crippen molar-refractivity contribution in [3.05, 3.63) is 54.1 Å². The van der Waals surface area contributed by atoms with Crippen molar-refractivity contribution < 1.29 is 18.7 Å². The van der Waals surface area contributed by atoms with E-state index in [0.717, 1.165) is 0 Å². The normalized spacial score (nSPS) is 18.6. The quantitative estimate of drug-likeness (QED) is 0.782. The Hall–Kier alpha value is -1.93. The molecule has 3 rings (SSSR count). The summed E-state index contributed by atoms with van der Waals surface area (Å²) in [5, 5.41) is 5.91. The maximum Gasteiger partial charge on any atom is 0.240 e. The van der Waals surface area contributed by atoms with Gasteiger partial charge >= 0.3 is 0 Å². The Morgan fingerprint density at radius 1 is 1.41 bits per heavy atom. The predicted octanol–water partition coefficient (Wildman–Crippen LogP) is 2.85. The number of halogens is 3. The van der Waals surface area contributed by atoms with Gasteiger partial charge in [-0.25, -0.2) is 4.39 Å². The van der Waals surface area contributed by atoms with E-state index in [0.29, 0.717) is 24.5 Å². The van der Waals surface area contributed by atoms with E-state index >= 15 is 0 Å². The number of nitrogens with one attached hydrogen (secondary N) is 2. The first-order chi connectivity index (χ1) is 12.1. The highest BCUT2D eigenvalue weighted by Gasteiger charge is 2.27. The molecule has 6 nitrogen and oxygen atoms in total. The van der Waals surface area contributed by atoms with Crippen LogP contribution in [0.3, 0.4) is 0 Å². The Balaban J connectivity index is 0.00000182. The number of carbonyl (C=O) groups is 1. The summed E-state index contributed by atoms with van der Waals surface area (Å²) in [6.07, 6.45) is 2.93. The van der Waals surface area contributed by atoms with Crippen LogP contribution in [0.5, 0.6) is 11.5 Å². The van der Waals surface area contributed by atoms with Crippen LogP contribution in [0.15, 0.2) is 42.7 Å². The molecule has 0 radical (unpaired) electrons. The van der Waals surface area contributed by atoms with Gasteiger partial charge in [0.05, 0.1) is 18.9 Å². The molecule has 0 unspecified atom stereocenters. The molecular formula is C18H22Cl2FN3O3.